The highest BCUT2D eigenvalue weighted by molar-refractivity contribution is 5.86. The number of aromatic nitrogens is 3. The Bertz CT molecular complexity index is 1210. The molecule has 3 aromatic rings. The van der Waals surface area contributed by atoms with E-state index in [-0.39, 0.29) is 34.6 Å². The molecule has 2 aliphatic rings. The molecular weight excluding hydrogens is 439 g/mol. The lowest BCUT2D eigenvalue weighted by molar-refractivity contribution is -0.0171. The van der Waals surface area contributed by atoms with Crippen LogP contribution in [0.25, 0.3) is 11.0 Å². The van der Waals surface area contributed by atoms with Crippen LogP contribution in [0, 0.1) is 5.82 Å². The quantitative estimate of drug-likeness (QED) is 0.468. The van der Waals surface area contributed by atoms with Crippen molar-refractivity contribution in [2.45, 2.75) is 56.6 Å². The number of hydrogen-bond donors (Lipinski definition) is 4. The Kier molecular flexibility index (Phi) is 5.22. The molecule has 0 amide bonds. The highest BCUT2D eigenvalue weighted by Gasteiger charge is 2.45. The van der Waals surface area contributed by atoms with Crippen LogP contribution in [-0.4, -0.2) is 49.6 Å². The Morgan fingerprint density at radius 3 is 2.79 bits per heavy atom. The van der Waals surface area contributed by atoms with Crippen molar-refractivity contribution in [1.29, 1.82) is 0 Å². The molecule has 2 aromatic heterocycles. The van der Waals surface area contributed by atoms with Crippen LogP contribution in [0.5, 0.6) is 5.75 Å². The van der Waals surface area contributed by atoms with Crippen molar-refractivity contribution in [2.75, 3.05) is 12.3 Å². The van der Waals surface area contributed by atoms with E-state index in [9.17, 15) is 23.4 Å². The molecule has 0 spiro atoms. The van der Waals surface area contributed by atoms with Gasteiger partial charge in [0.2, 0.25) is 0 Å². The van der Waals surface area contributed by atoms with Gasteiger partial charge < -0.3 is 30.6 Å². The molecule has 33 heavy (non-hydrogen) atoms. The summed E-state index contributed by atoms with van der Waals surface area (Å²) in [6.07, 6.45) is -0.512. The van der Waals surface area contributed by atoms with Crippen LogP contribution in [-0.2, 0) is 18.9 Å². The zero-order valence-corrected chi connectivity index (χ0v) is 17.8. The molecule has 0 saturated heterocycles. The van der Waals surface area contributed by atoms with Crippen LogP contribution in [0.1, 0.15) is 36.1 Å². The number of fused-ring (bicyclic) bond motifs is 2. The van der Waals surface area contributed by atoms with Crippen LogP contribution < -0.4 is 15.8 Å². The van der Waals surface area contributed by atoms with Gasteiger partial charge in [0.15, 0.2) is 5.82 Å². The molecule has 1 aromatic carbocycles. The Hall–Kier alpha value is -2.89. The largest absolute Gasteiger partial charge is 0.487 e. The van der Waals surface area contributed by atoms with E-state index in [1.165, 1.54) is 23.0 Å². The fraction of sp³-hybridized carbons (Fsp3) is 0.455. The van der Waals surface area contributed by atoms with Gasteiger partial charge in [-0.3, -0.25) is 0 Å². The van der Waals surface area contributed by atoms with Crippen LogP contribution in [0.2, 0.25) is 0 Å². The maximum absolute atomic E-state index is 14.5. The van der Waals surface area contributed by atoms with E-state index in [0.29, 0.717) is 19.5 Å². The van der Waals surface area contributed by atoms with Crippen LogP contribution >= 0.6 is 0 Å². The average molecular weight is 463 g/mol. The molecule has 5 N–H and O–H groups in total. The number of alkyl halides is 2. The summed E-state index contributed by atoms with van der Waals surface area (Å²) in [5.41, 5.74) is 7.29. The molecule has 1 saturated carbocycles. The molecule has 8 nitrogen and oxygen atoms in total. The summed E-state index contributed by atoms with van der Waals surface area (Å²) in [7, 11) is 0. The number of nitrogen functional groups attached to an aromatic ring is 1. The maximum atomic E-state index is 14.5. The van der Waals surface area contributed by atoms with Crippen molar-refractivity contribution in [2.24, 2.45) is 0 Å². The molecular formula is C22H24F3N5O3. The van der Waals surface area contributed by atoms with E-state index in [1.807, 2.05) is 0 Å². The average Bonchev–Trinajstić information content (AvgIpc) is 3.25. The first-order chi connectivity index (χ1) is 15.6. The van der Waals surface area contributed by atoms with Gasteiger partial charge in [0.05, 0.1) is 11.4 Å². The van der Waals surface area contributed by atoms with Gasteiger partial charge in [-0.1, -0.05) is 0 Å². The summed E-state index contributed by atoms with van der Waals surface area (Å²) in [4.78, 5) is 7.87. The Morgan fingerprint density at radius 1 is 1.24 bits per heavy atom. The van der Waals surface area contributed by atoms with Gasteiger partial charge >= 0.3 is 0 Å². The Morgan fingerprint density at radius 2 is 2.03 bits per heavy atom. The van der Waals surface area contributed by atoms with E-state index in [4.69, 9.17) is 10.5 Å². The standard InChI is InChI=1S/C22H24F3N5O3/c1-22(24,25)11-4-10-2-3-27-7-12(10)15(5-11)33-16-6-14(18(31)19(16)32)30-8-13(23)17-20(26)28-9-29-21(17)30/h4-5,8-9,14,16,18-19,27,31-32H,2-3,6-7H2,1H3,(H2,26,28,29)/t14?,16-,18-,19+/m0/s1. The molecule has 1 aliphatic carbocycles. The van der Waals surface area contributed by atoms with E-state index >= 15 is 0 Å². The molecule has 1 aliphatic heterocycles. The van der Waals surface area contributed by atoms with Crippen molar-refractivity contribution < 1.29 is 28.1 Å². The molecule has 1 fully saturated rings. The fourth-order valence-electron chi connectivity index (χ4n) is 4.76. The number of benzene rings is 1. The van der Waals surface area contributed by atoms with Gasteiger partial charge in [0.25, 0.3) is 5.92 Å². The summed E-state index contributed by atoms with van der Waals surface area (Å²) in [5.74, 6) is -3.50. The smallest absolute Gasteiger partial charge is 0.270 e. The zero-order valence-electron chi connectivity index (χ0n) is 17.8. The number of aliphatic hydroxyl groups is 2. The summed E-state index contributed by atoms with van der Waals surface area (Å²) in [6.45, 7) is 1.93. The predicted octanol–water partition coefficient (Wildman–Crippen LogP) is 2.02. The monoisotopic (exact) mass is 463 g/mol. The highest BCUT2D eigenvalue weighted by Crippen LogP contribution is 2.40. The number of nitrogens with zero attached hydrogens (tertiary/aromatic N) is 3. The molecule has 1 unspecified atom stereocenters. The van der Waals surface area contributed by atoms with Crippen LogP contribution in [0.4, 0.5) is 19.0 Å². The topological polar surface area (TPSA) is 118 Å². The van der Waals surface area contributed by atoms with Gasteiger partial charge in [0.1, 0.15) is 41.9 Å². The molecule has 0 radical (unpaired) electrons. The highest BCUT2D eigenvalue weighted by atomic mass is 19.3. The van der Waals surface area contributed by atoms with Crippen molar-refractivity contribution in [1.82, 2.24) is 19.9 Å². The molecule has 3 heterocycles. The van der Waals surface area contributed by atoms with E-state index in [1.54, 1.807) is 0 Å². The predicted molar refractivity (Wildman–Crippen MR) is 113 cm³/mol. The maximum Gasteiger partial charge on any atom is 0.270 e. The van der Waals surface area contributed by atoms with Gasteiger partial charge in [-0.25, -0.2) is 23.1 Å². The normalized spacial score (nSPS) is 25.4. The van der Waals surface area contributed by atoms with Gasteiger partial charge in [0, 0.05) is 37.2 Å². The molecule has 5 rings (SSSR count). The summed E-state index contributed by atoms with van der Waals surface area (Å²) in [5, 5.41) is 24.7. The molecule has 176 valence electrons. The van der Waals surface area contributed by atoms with Gasteiger partial charge in [-0.05, 0) is 30.7 Å². The van der Waals surface area contributed by atoms with Crippen molar-refractivity contribution in [3.63, 3.8) is 0 Å². The number of nitrogens with one attached hydrogen (secondary N) is 1. The minimum absolute atomic E-state index is 0.0292. The number of aliphatic hydroxyl groups excluding tert-OH is 2. The van der Waals surface area contributed by atoms with Crippen LogP contribution in [0.15, 0.2) is 24.7 Å². The second-order valence-electron chi connectivity index (χ2n) is 8.71. The minimum Gasteiger partial charge on any atom is -0.487 e. The lowest BCUT2D eigenvalue weighted by atomic mass is 9.95. The summed E-state index contributed by atoms with van der Waals surface area (Å²) < 4.78 is 50.2. The second-order valence-corrected chi connectivity index (χ2v) is 8.71. The third kappa shape index (κ3) is 3.69. The SMILES string of the molecule is CC(F)(F)c1cc2c(c(O[C@H]3CC(n4cc(F)c5c(N)ncnc54)[C@H](O)[C@@H]3O)c1)CNCC2. The number of rotatable bonds is 4. The first-order valence-corrected chi connectivity index (χ1v) is 10.7. The molecule has 11 heteroatoms. The number of ether oxygens (including phenoxy) is 1. The van der Waals surface area contributed by atoms with Gasteiger partial charge in [-0.15, -0.1) is 0 Å². The first kappa shape index (κ1) is 21.9. The van der Waals surface area contributed by atoms with Crippen molar-refractivity contribution in [3.05, 3.63) is 47.2 Å². The van der Waals surface area contributed by atoms with E-state index in [2.05, 4.69) is 15.3 Å². The molecule has 4 atom stereocenters. The fourth-order valence-corrected chi connectivity index (χ4v) is 4.76. The van der Waals surface area contributed by atoms with Crippen molar-refractivity contribution >= 4 is 16.9 Å². The minimum atomic E-state index is -3.06. The lowest BCUT2D eigenvalue weighted by Gasteiger charge is -2.26. The first-order valence-electron chi connectivity index (χ1n) is 10.7. The Balaban J connectivity index is 1.49. The number of hydrogen-bond acceptors (Lipinski definition) is 7. The zero-order chi connectivity index (χ0) is 23.5. The van der Waals surface area contributed by atoms with Gasteiger partial charge in [-0.2, -0.15) is 0 Å². The van der Waals surface area contributed by atoms with E-state index in [0.717, 1.165) is 24.2 Å². The lowest BCUT2D eigenvalue weighted by Crippen LogP contribution is -2.35. The number of halogens is 3. The number of anilines is 1. The Labute approximate surface area is 187 Å². The van der Waals surface area contributed by atoms with Crippen molar-refractivity contribution in [3.8, 4) is 5.75 Å². The third-order valence-electron chi connectivity index (χ3n) is 6.51. The van der Waals surface area contributed by atoms with E-state index < -0.39 is 36.1 Å². The second kappa shape index (κ2) is 7.86. The van der Waals surface area contributed by atoms with Crippen LogP contribution in [0.3, 0.4) is 0 Å². The summed E-state index contributed by atoms with van der Waals surface area (Å²) >= 11 is 0. The summed E-state index contributed by atoms with van der Waals surface area (Å²) in [6, 6.07) is 2.01. The molecule has 0 bridgehead atoms. The third-order valence-corrected chi connectivity index (χ3v) is 6.51. The number of nitrogens with two attached hydrogens (primary N) is 1.